The molecule has 180 valence electrons. The van der Waals surface area contributed by atoms with Crippen molar-refractivity contribution >= 4 is 12.2 Å². The molecule has 0 unspecified atom stereocenters. The third-order valence-electron chi connectivity index (χ3n) is 6.00. The summed E-state index contributed by atoms with van der Waals surface area (Å²) in [5.41, 5.74) is 2.68. The quantitative estimate of drug-likeness (QED) is 0.431. The summed E-state index contributed by atoms with van der Waals surface area (Å²) in [6.45, 7) is 2.30. The molecule has 0 bridgehead atoms. The van der Waals surface area contributed by atoms with Gasteiger partial charge in [-0.25, -0.2) is 27.8 Å². The molecule has 5 rings (SSSR count). The van der Waals surface area contributed by atoms with Crippen LogP contribution in [0.3, 0.4) is 0 Å². The Kier molecular flexibility index (Phi) is 5.89. The highest BCUT2D eigenvalue weighted by molar-refractivity contribution is 5.69. The molecular formula is C25H22F3N5O2. The number of hydrogen-bond donors (Lipinski definition) is 1. The Balaban J connectivity index is 1.44. The molecular weight excluding hydrogens is 459 g/mol. The maximum absolute atomic E-state index is 13.8. The number of methoxy groups -OCH3 is 1. The van der Waals surface area contributed by atoms with Gasteiger partial charge in [0.25, 0.3) is 0 Å². The van der Waals surface area contributed by atoms with Gasteiger partial charge in [0.15, 0.2) is 23.3 Å². The topological polar surface area (TPSA) is 78.0 Å². The van der Waals surface area contributed by atoms with Gasteiger partial charge < -0.3 is 14.4 Å². The van der Waals surface area contributed by atoms with Crippen molar-refractivity contribution in [1.82, 2.24) is 24.3 Å². The number of hydrogen-bond acceptors (Lipinski definition) is 5. The van der Waals surface area contributed by atoms with Crippen LogP contribution < -0.4 is 4.74 Å². The normalized spacial score (nSPS) is 17.7. The zero-order valence-corrected chi connectivity index (χ0v) is 19.0. The molecule has 0 aliphatic carbocycles. The Bertz CT molecular complexity index is 1410. The molecule has 1 aliphatic rings. The minimum absolute atomic E-state index is 0.104. The van der Waals surface area contributed by atoms with Crippen molar-refractivity contribution in [1.29, 1.82) is 0 Å². The van der Waals surface area contributed by atoms with Gasteiger partial charge in [-0.1, -0.05) is 12.1 Å². The van der Waals surface area contributed by atoms with E-state index in [0.29, 0.717) is 30.4 Å². The van der Waals surface area contributed by atoms with E-state index in [0.717, 1.165) is 29.1 Å². The van der Waals surface area contributed by atoms with Gasteiger partial charge in [0, 0.05) is 12.7 Å². The Morgan fingerprint density at radius 3 is 2.57 bits per heavy atom. The van der Waals surface area contributed by atoms with Crippen molar-refractivity contribution in [2.75, 3.05) is 7.11 Å². The van der Waals surface area contributed by atoms with Crippen LogP contribution in [0.25, 0.3) is 17.8 Å². The average Bonchev–Trinajstić information content (AvgIpc) is 3.46. The molecule has 0 saturated carbocycles. The number of imidazole rings is 1. The van der Waals surface area contributed by atoms with Gasteiger partial charge >= 0.3 is 0 Å². The Morgan fingerprint density at radius 2 is 1.89 bits per heavy atom. The van der Waals surface area contributed by atoms with Gasteiger partial charge in [0.1, 0.15) is 11.6 Å². The van der Waals surface area contributed by atoms with Crippen LogP contribution in [-0.2, 0) is 6.54 Å². The zero-order chi connectivity index (χ0) is 24.7. The molecule has 2 aromatic carbocycles. The third-order valence-corrected chi connectivity index (χ3v) is 6.00. The molecule has 7 nitrogen and oxygen atoms in total. The molecule has 0 amide bonds. The number of halogens is 3. The van der Waals surface area contributed by atoms with Crippen molar-refractivity contribution in [2.24, 2.45) is 0 Å². The van der Waals surface area contributed by atoms with Gasteiger partial charge in [-0.05, 0) is 54.8 Å². The van der Waals surface area contributed by atoms with E-state index < -0.39 is 29.5 Å². The summed E-state index contributed by atoms with van der Waals surface area (Å²) >= 11 is 0. The lowest BCUT2D eigenvalue weighted by Gasteiger charge is -2.27. The molecule has 0 saturated heterocycles. The number of aliphatic hydroxyl groups is 1. The summed E-state index contributed by atoms with van der Waals surface area (Å²) in [5.74, 6) is -3.62. The summed E-state index contributed by atoms with van der Waals surface area (Å²) in [6, 6.07) is 7.48. The summed E-state index contributed by atoms with van der Waals surface area (Å²) in [4.78, 5) is 8.73. The second kappa shape index (κ2) is 9.03. The number of aromatic nitrogens is 5. The first-order valence-electron chi connectivity index (χ1n) is 11.0. The molecule has 0 spiro atoms. The molecule has 3 heterocycles. The number of ether oxygens (including phenoxy) is 1. The molecule has 0 fully saturated rings. The standard InChI is InChI=1S/C25H22F3N5O2/c1-14-12-32(13-29-14)19-5-3-15(9-21(19)35-2)4-6-22-30-25-23(20(34)7-8-33(25)31-22)16-10-17(26)24(28)18(27)11-16/h3-6,9-13,20,23,34H,7-8H2,1-2H3/b6-4+/t20-,23-/m0/s1. The fourth-order valence-corrected chi connectivity index (χ4v) is 4.29. The highest BCUT2D eigenvalue weighted by atomic mass is 19.2. The first-order chi connectivity index (χ1) is 16.8. The van der Waals surface area contributed by atoms with Crippen LogP contribution in [0.5, 0.6) is 5.75 Å². The number of nitrogens with zero attached hydrogens (tertiary/aromatic N) is 5. The predicted octanol–water partition coefficient (Wildman–Crippen LogP) is 4.27. The summed E-state index contributed by atoms with van der Waals surface area (Å²) in [5, 5.41) is 15.0. The molecule has 2 aromatic heterocycles. The second-order valence-electron chi connectivity index (χ2n) is 8.37. The van der Waals surface area contributed by atoms with Gasteiger partial charge in [0.2, 0.25) is 0 Å². The molecule has 2 atom stereocenters. The largest absolute Gasteiger partial charge is 0.495 e. The van der Waals surface area contributed by atoms with Crippen molar-refractivity contribution in [2.45, 2.75) is 31.9 Å². The zero-order valence-electron chi connectivity index (χ0n) is 19.0. The minimum Gasteiger partial charge on any atom is -0.495 e. The number of rotatable bonds is 5. The molecule has 0 radical (unpaired) electrons. The van der Waals surface area contributed by atoms with Crippen LogP contribution >= 0.6 is 0 Å². The molecule has 4 aromatic rings. The number of benzene rings is 2. The Hall–Kier alpha value is -3.92. The van der Waals surface area contributed by atoms with Crippen molar-refractivity contribution in [3.8, 4) is 11.4 Å². The van der Waals surface area contributed by atoms with Gasteiger partial charge in [-0.2, -0.15) is 5.10 Å². The Labute approximate surface area is 199 Å². The lowest BCUT2D eigenvalue weighted by atomic mass is 9.88. The highest BCUT2D eigenvalue weighted by Gasteiger charge is 2.34. The van der Waals surface area contributed by atoms with Crippen LogP contribution in [-0.4, -0.2) is 42.6 Å². The van der Waals surface area contributed by atoms with E-state index in [4.69, 9.17) is 4.74 Å². The fraction of sp³-hybridized carbons (Fsp3) is 0.240. The molecule has 1 aliphatic heterocycles. The molecule has 35 heavy (non-hydrogen) atoms. The van der Waals surface area contributed by atoms with Crippen LogP contribution in [0.15, 0.2) is 42.9 Å². The number of aliphatic hydroxyl groups excluding tert-OH is 1. The first kappa shape index (κ1) is 22.9. The minimum atomic E-state index is -1.55. The number of aryl methyl sites for hydroxylation is 2. The average molecular weight is 481 g/mol. The monoisotopic (exact) mass is 481 g/mol. The van der Waals surface area contributed by atoms with E-state index in [1.165, 1.54) is 0 Å². The van der Waals surface area contributed by atoms with E-state index in [9.17, 15) is 18.3 Å². The maximum atomic E-state index is 13.8. The Morgan fingerprint density at radius 1 is 1.11 bits per heavy atom. The third kappa shape index (κ3) is 4.32. The first-order valence-corrected chi connectivity index (χ1v) is 11.0. The summed E-state index contributed by atoms with van der Waals surface area (Å²) in [7, 11) is 1.59. The predicted molar refractivity (Wildman–Crippen MR) is 123 cm³/mol. The molecule has 1 N–H and O–H groups in total. The lowest BCUT2D eigenvalue weighted by Crippen LogP contribution is -2.30. The van der Waals surface area contributed by atoms with E-state index in [-0.39, 0.29) is 5.56 Å². The second-order valence-corrected chi connectivity index (χ2v) is 8.37. The van der Waals surface area contributed by atoms with Crippen LogP contribution in [0, 0.1) is 24.4 Å². The highest BCUT2D eigenvalue weighted by Crippen LogP contribution is 2.34. The summed E-state index contributed by atoms with van der Waals surface area (Å²) < 4.78 is 50.1. The smallest absolute Gasteiger partial charge is 0.194 e. The van der Waals surface area contributed by atoms with Crippen molar-refractivity contribution in [3.05, 3.63) is 88.8 Å². The number of fused-ring (bicyclic) bond motifs is 1. The lowest BCUT2D eigenvalue weighted by molar-refractivity contribution is 0.118. The SMILES string of the molecule is COc1cc(/C=C/c2nc3n(n2)CC[C@H](O)[C@@H]3c2cc(F)c(F)c(F)c2)ccc1-n1cnc(C)c1. The van der Waals surface area contributed by atoms with Crippen molar-refractivity contribution in [3.63, 3.8) is 0 Å². The molecule has 10 heteroatoms. The fourth-order valence-electron chi connectivity index (χ4n) is 4.29. The van der Waals surface area contributed by atoms with Gasteiger partial charge in [-0.15, -0.1) is 0 Å². The van der Waals surface area contributed by atoms with Crippen LogP contribution in [0.1, 0.15) is 40.8 Å². The van der Waals surface area contributed by atoms with Gasteiger partial charge in [0.05, 0.1) is 36.8 Å². The van der Waals surface area contributed by atoms with Crippen molar-refractivity contribution < 1.29 is 23.0 Å². The van der Waals surface area contributed by atoms with Crippen LogP contribution in [0.4, 0.5) is 13.2 Å². The van der Waals surface area contributed by atoms with E-state index in [2.05, 4.69) is 15.1 Å². The maximum Gasteiger partial charge on any atom is 0.194 e. The van der Waals surface area contributed by atoms with Gasteiger partial charge in [-0.3, -0.25) is 0 Å². The van der Waals surface area contributed by atoms with E-state index in [1.807, 2.05) is 42.0 Å². The van der Waals surface area contributed by atoms with E-state index in [1.54, 1.807) is 24.2 Å². The summed E-state index contributed by atoms with van der Waals surface area (Å²) in [6.07, 6.45) is 6.52. The van der Waals surface area contributed by atoms with E-state index >= 15 is 0 Å². The van der Waals surface area contributed by atoms with Crippen LogP contribution in [0.2, 0.25) is 0 Å².